The Morgan fingerprint density at radius 2 is 2.00 bits per heavy atom. The number of fused-ring (bicyclic) bond motifs is 1. The third-order valence-corrected chi connectivity index (χ3v) is 7.10. The number of nitrogens with zero attached hydrogens (tertiary/aromatic N) is 2. The third kappa shape index (κ3) is 4.70. The zero-order chi connectivity index (χ0) is 23.7. The molecule has 2 heterocycles. The summed E-state index contributed by atoms with van der Waals surface area (Å²) in [6.45, 7) is 2.55. The lowest BCUT2D eigenvalue weighted by Gasteiger charge is -2.35. The predicted octanol–water partition coefficient (Wildman–Crippen LogP) is 6.59. The highest BCUT2D eigenvalue weighted by atomic mass is 19.1. The van der Waals surface area contributed by atoms with Crippen molar-refractivity contribution in [1.82, 2.24) is 4.98 Å². The highest BCUT2D eigenvalue weighted by Crippen LogP contribution is 2.40. The number of benzene rings is 2. The summed E-state index contributed by atoms with van der Waals surface area (Å²) in [5.41, 5.74) is 4.48. The number of Topliss-reactive ketones (excluding diaryl/α,β-unsaturated/α-hetero) is 1. The van der Waals surface area contributed by atoms with Crippen molar-refractivity contribution in [2.24, 2.45) is 10.9 Å². The molecule has 5 heteroatoms. The molecule has 2 aromatic carbocycles. The smallest absolute Gasteiger partial charge is 0.163 e. The second-order valence-electron chi connectivity index (χ2n) is 9.73. The first kappa shape index (κ1) is 22.6. The Balaban J connectivity index is 1.30. The van der Waals surface area contributed by atoms with Gasteiger partial charge in [-0.15, -0.1) is 0 Å². The lowest BCUT2D eigenvalue weighted by molar-refractivity contribution is 0.0659. The Kier molecular flexibility index (Phi) is 6.11. The molecule has 0 radical (unpaired) electrons. The number of carbonyl (C=O) groups is 1. The fourth-order valence-electron chi connectivity index (χ4n) is 5.42. The van der Waals surface area contributed by atoms with Crippen LogP contribution in [-0.4, -0.2) is 22.1 Å². The van der Waals surface area contributed by atoms with Crippen molar-refractivity contribution >= 4 is 11.5 Å². The van der Waals surface area contributed by atoms with Crippen molar-refractivity contribution in [2.45, 2.75) is 57.7 Å². The van der Waals surface area contributed by atoms with Crippen LogP contribution in [0.2, 0.25) is 0 Å². The number of halogens is 2. The summed E-state index contributed by atoms with van der Waals surface area (Å²) >= 11 is 0. The van der Waals surface area contributed by atoms with Gasteiger partial charge in [-0.2, -0.15) is 0 Å². The van der Waals surface area contributed by atoms with Crippen LogP contribution in [0.5, 0.6) is 0 Å². The summed E-state index contributed by atoms with van der Waals surface area (Å²) in [7, 11) is 0. The van der Waals surface area contributed by atoms with Crippen molar-refractivity contribution in [1.29, 1.82) is 0 Å². The number of carbonyl (C=O) groups excluding carboxylic acids is 1. The van der Waals surface area contributed by atoms with Gasteiger partial charge in [0.15, 0.2) is 5.78 Å². The minimum absolute atomic E-state index is 0.0279. The molecule has 2 aliphatic rings. The van der Waals surface area contributed by atoms with Gasteiger partial charge in [0.1, 0.15) is 11.5 Å². The normalized spacial score (nSPS) is 21.7. The standard InChI is InChI=1S/C29H28F2N2O/c1-19-13-22(10-12-32-19)28-25-15-21(8-9-24(25)18-33-28)27(34)14-20-5-4-11-29(31,16-20)17-23-6-2-3-7-26(23)30/h2-3,6-10,12-13,15,20H,4-5,11,14,16-18H2,1H3. The fourth-order valence-corrected chi connectivity index (χ4v) is 5.42. The number of hydrogen-bond acceptors (Lipinski definition) is 3. The van der Waals surface area contributed by atoms with Gasteiger partial charge in [-0.25, -0.2) is 8.78 Å². The van der Waals surface area contributed by atoms with E-state index in [9.17, 15) is 9.18 Å². The number of hydrogen-bond donors (Lipinski definition) is 0. The maximum atomic E-state index is 15.7. The number of alkyl halides is 1. The first-order valence-corrected chi connectivity index (χ1v) is 12.0. The van der Waals surface area contributed by atoms with Gasteiger partial charge in [-0.05, 0) is 73.9 Å². The van der Waals surface area contributed by atoms with Gasteiger partial charge in [0.25, 0.3) is 0 Å². The van der Waals surface area contributed by atoms with Crippen LogP contribution in [0.25, 0.3) is 0 Å². The van der Waals surface area contributed by atoms with Crippen LogP contribution in [0, 0.1) is 18.7 Å². The van der Waals surface area contributed by atoms with Crippen LogP contribution in [0.4, 0.5) is 8.78 Å². The summed E-state index contributed by atoms with van der Waals surface area (Å²) in [4.78, 5) is 22.2. The van der Waals surface area contributed by atoms with E-state index in [-0.39, 0.29) is 23.9 Å². The quantitative estimate of drug-likeness (QED) is 0.391. The van der Waals surface area contributed by atoms with Crippen molar-refractivity contribution in [3.8, 4) is 0 Å². The molecule has 1 saturated carbocycles. The number of aliphatic imine (C=N–C) groups is 1. The number of pyridine rings is 1. The van der Waals surface area contributed by atoms with Crippen molar-refractivity contribution in [3.05, 3.63) is 100 Å². The fraction of sp³-hybridized carbons (Fsp3) is 0.345. The SMILES string of the molecule is Cc1cc(C2=NCc3ccc(C(=O)CC4CCCC(F)(Cc5ccccc5F)C4)cc32)ccn1. The van der Waals surface area contributed by atoms with Crippen LogP contribution >= 0.6 is 0 Å². The topological polar surface area (TPSA) is 42.3 Å². The van der Waals surface area contributed by atoms with Gasteiger partial charge in [-0.1, -0.05) is 30.3 Å². The molecule has 0 bridgehead atoms. The molecule has 0 N–H and O–H groups in total. The van der Waals surface area contributed by atoms with Crippen LogP contribution in [-0.2, 0) is 13.0 Å². The van der Waals surface area contributed by atoms with Crippen molar-refractivity contribution in [3.63, 3.8) is 0 Å². The molecule has 34 heavy (non-hydrogen) atoms. The maximum Gasteiger partial charge on any atom is 0.163 e. The lowest BCUT2D eigenvalue weighted by Crippen LogP contribution is -2.34. The second-order valence-corrected chi connectivity index (χ2v) is 9.73. The van der Waals surface area contributed by atoms with E-state index in [0.29, 0.717) is 43.4 Å². The lowest BCUT2D eigenvalue weighted by atomic mass is 9.74. The first-order chi connectivity index (χ1) is 16.4. The molecule has 5 rings (SSSR count). The zero-order valence-corrected chi connectivity index (χ0v) is 19.4. The summed E-state index contributed by atoms with van der Waals surface area (Å²) < 4.78 is 29.8. The molecule has 1 aliphatic carbocycles. The highest BCUT2D eigenvalue weighted by molar-refractivity contribution is 6.16. The Hall–Kier alpha value is -3.21. The van der Waals surface area contributed by atoms with Gasteiger partial charge >= 0.3 is 0 Å². The van der Waals surface area contributed by atoms with E-state index in [2.05, 4.69) is 4.98 Å². The molecular formula is C29H28F2N2O. The van der Waals surface area contributed by atoms with Gasteiger partial charge in [-0.3, -0.25) is 14.8 Å². The largest absolute Gasteiger partial charge is 0.294 e. The zero-order valence-electron chi connectivity index (χ0n) is 19.4. The Labute approximate surface area is 199 Å². The summed E-state index contributed by atoms with van der Waals surface area (Å²) in [6, 6.07) is 16.1. The van der Waals surface area contributed by atoms with Gasteiger partial charge in [0.2, 0.25) is 0 Å². The Morgan fingerprint density at radius 1 is 1.15 bits per heavy atom. The third-order valence-electron chi connectivity index (χ3n) is 7.10. The molecular weight excluding hydrogens is 430 g/mol. The minimum Gasteiger partial charge on any atom is -0.294 e. The Morgan fingerprint density at radius 3 is 2.82 bits per heavy atom. The number of rotatable bonds is 6. The van der Waals surface area contributed by atoms with E-state index in [1.807, 2.05) is 37.3 Å². The van der Waals surface area contributed by atoms with Gasteiger partial charge in [0.05, 0.1) is 12.3 Å². The van der Waals surface area contributed by atoms with Gasteiger partial charge in [0, 0.05) is 41.4 Å². The second kappa shape index (κ2) is 9.21. The van der Waals surface area contributed by atoms with Crippen LogP contribution in [0.15, 0.2) is 65.8 Å². The van der Waals surface area contributed by atoms with E-state index in [0.717, 1.165) is 34.5 Å². The number of aryl methyl sites for hydroxylation is 1. The van der Waals surface area contributed by atoms with E-state index >= 15 is 4.39 Å². The molecule has 1 aliphatic heterocycles. The van der Waals surface area contributed by atoms with E-state index in [1.54, 1.807) is 24.4 Å². The van der Waals surface area contributed by atoms with Gasteiger partial charge < -0.3 is 0 Å². The van der Waals surface area contributed by atoms with Crippen LogP contribution in [0.1, 0.15) is 70.4 Å². The molecule has 1 fully saturated rings. The van der Waals surface area contributed by atoms with Crippen LogP contribution in [0.3, 0.4) is 0 Å². The molecule has 3 nitrogen and oxygen atoms in total. The predicted molar refractivity (Wildman–Crippen MR) is 130 cm³/mol. The molecule has 3 aromatic rings. The molecule has 174 valence electrons. The molecule has 2 unspecified atom stereocenters. The number of ketones is 1. The van der Waals surface area contributed by atoms with E-state index in [4.69, 9.17) is 4.99 Å². The van der Waals surface area contributed by atoms with E-state index in [1.165, 1.54) is 6.07 Å². The van der Waals surface area contributed by atoms with Crippen LogP contribution < -0.4 is 0 Å². The summed E-state index contributed by atoms with van der Waals surface area (Å²) in [6.07, 6.45) is 4.38. The minimum atomic E-state index is -1.47. The van der Waals surface area contributed by atoms with Crippen molar-refractivity contribution < 1.29 is 13.6 Å². The monoisotopic (exact) mass is 458 g/mol. The molecule has 0 spiro atoms. The molecule has 1 aromatic heterocycles. The molecule has 0 saturated heterocycles. The molecule has 0 amide bonds. The van der Waals surface area contributed by atoms with Crippen molar-refractivity contribution in [2.75, 3.05) is 0 Å². The Bertz CT molecular complexity index is 1270. The maximum absolute atomic E-state index is 15.7. The summed E-state index contributed by atoms with van der Waals surface area (Å²) in [5, 5.41) is 0. The first-order valence-electron chi connectivity index (χ1n) is 12.0. The molecule has 2 atom stereocenters. The average molecular weight is 459 g/mol. The highest BCUT2D eigenvalue weighted by Gasteiger charge is 2.38. The summed E-state index contributed by atoms with van der Waals surface area (Å²) in [5.74, 6) is -0.375. The number of aromatic nitrogens is 1. The van der Waals surface area contributed by atoms with E-state index < -0.39 is 5.67 Å². The average Bonchev–Trinajstić information content (AvgIpc) is 3.24.